The Bertz CT molecular complexity index is 1220. The Morgan fingerprint density at radius 2 is 1.82 bits per heavy atom. The molecule has 0 aliphatic carbocycles. The van der Waals surface area contributed by atoms with Crippen molar-refractivity contribution in [3.05, 3.63) is 76.1 Å². The molecule has 0 spiro atoms. The summed E-state index contributed by atoms with van der Waals surface area (Å²) in [5.74, 6) is -0.501. The molecule has 0 radical (unpaired) electrons. The van der Waals surface area contributed by atoms with E-state index in [2.05, 4.69) is 10.4 Å². The monoisotopic (exact) mass is 475 g/mol. The maximum Gasteiger partial charge on any atom is 0.416 e. The predicted octanol–water partition coefficient (Wildman–Crippen LogP) is 4.16. The van der Waals surface area contributed by atoms with Gasteiger partial charge in [0.2, 0.25) is 5.91 Å². The molecule has 0 bridgehead atoms. The van der Waals surface area contributed by atoms with Crippen molar-refractivity contribution >= 4 is 11.9 Å². The summed E-state index contributed by atoms with van der Waals surface area (Å²) in [6.07, 6.45) is -4.47. The van der Waals surface area contributed by atoms with Crippen molar-refractivity contribution in [1.82, 2.24) is 15.1 Å². The third-order valence-electron chi connectivity index (χ3n) is 5.36. The summed E-state index contributed by atoms with van der Waals surface area (Å²) in [5.41, 5.74) is 2.14. The lowest BCUT2D eigenvalue weighted by molar-refractivity contribution is -0.137. The number of aryl methyl sites for hydroxylation is 1. The summed E-state index contributed by atoms with van der Waals surface area (Å²) in [5, 5.41) is 7.12. The Morgan fingerprint density at radius 1 is 1.09 bits per heavy atom. The van der Waals surface area contributed by atoms with Crippen LogP contribution in [0.4, 0.5) is 13.2 Å². The number of amides is 1. The number of ether oxygens (including phenoxy) is 2. The van der Waals surface area contributed by atoms with Crippen molar-refractivity contribution in [1.29, 1.82) is 0 Å². The molecule has 34 heavy (non-hydrogen) atoms. The number of nitrogens with zero attached hydrogens (tertiary/aromatic N) is 2. The second-order valence-corrected chi connectivity index (χ2v) is 7.59. The molecule has 0 atom stereocenters. The van der Waals surface area contributed by atoms with E-state index in [0.29, 0.717) is 28.3 Å². The van der Waals surface area contributed by atoms with E-state index in [1.54, 1.807) is 32.0 Å². The Balaban J connectivity index is 1.74. The van der Waals surface area contributed by atoms with Crippen LogP contribution in [0.2, 0.25) is 0 Å². The highest BCUT2D eigenvalue weighted by Crippen LogP contribution is 2.31. The number of methoxy groups -OCH3 is 2. The second kappa shape index (κ2) is 9.98. The summed E-state index contributed by atoms with van der Waals surface area (Å²) < 4.78 is 50.6. The fourth-order valence-corrected chi connectivity index (χ4v) is 3.55. The highest BCUT2D eigenvalue weighted by atomic mass is 19.4. The molecule has 1 heterocycles. The first kappa shape index (κ1) is 24.8. The first-order valence-electron chi connectivity index (χ1n) is 10.3. The lowest BCUT2D eigenvalue weighted by Crippen LogP contribution is -2.25. The molecule has 1 aromatic heterocycles. The van der Waals surface area contributed by atoms with Gasteiger partial charge >= 0.3 is 12.1 Å². The van der Waals surface area contributed by atoms with Crippen molar-refractivity contribution in [2.75, 3.05) is 14.2 Å². The summed E-state index contributed by atoms with van der Waals surface area (Å²) in [7, 11) is 2.70. The van der Waals surface area contributed by atoms with Crippen molar-refractivity contribution in [3.63, 3.8) is 0 Å². The molecule has 2 aromatic carbocycles. The zero-order valence-electron chi connectivity index (χ0n) is 19.1. The lowest BCUT2D eigenvalue weighted by atomic mass is 10.1. The SMILES string of the molecule is COC(=O)c1cc(CNC(=O)Cc2c(C)nn(-c3cccc(C(F)(F)F)c3)c2C)ccc1OC. The maximum absolute atomic E-state index is 13.1. The van der Waals surface area contributed by atoms with Crippen molar-refractivity contribution in [2.45, 2.75) is 33.0 Å². The van der Waals surface area contributed by atoms with E-state index >= 15 is 0 Å². The second-order valence-electron chi connectivity index (χ2n) is 7.59. The van der Waals surface area contributed by atoms with Gasteiger partial charge in [0.15, 0.2) is 0 Å². The number of benzene rings is 2. The van der Waals surface area contributed by atoms with Gasteiger partial charge in [-0.05, 0) is 49.7 Å². The summed E-state index contributed by atoms with van der Waals surface area (Å²) in [4.78, 5) is 24.5. The Morgan fingerprint density at radius 3 is 2.47 bits per heavy atom. The summed E-state index contributed by atoms with van der Waals surface area (Å²) in [6, 6.07) is 9.77. The van der Waals surface area contributed by atoms with Gasteiger partial charge in [-0.15, -0.1) is 0 Å². The van der Waals surface area contributed by atoms with E-state index in [9.17, 15) is 22.8 Å². The zero-order chi connectivity index (χ0) is 25.0. The van der Waals surface area contributed by atoms with Gasteiger partial charge in [-0.25, -0.2) is 9.48 Å². The quantitative estimate of drug-likeness (QED) is 0.519. The van der Waals surface area contributed by atoms with Gasteiger partial charge in [-0.1, -0.05) is 12.1 Å². The number of rotatable bonds is 7. The first-order chi connectivity index (χ1) is 16.0. The number of halogens is 3. The lowest BCUT2D eigenvalue weighted by Gasteiger charge is -2.11. The topological polar surface area (TPSA) is 82.5 Å². The molecule has 0 aliphatic rings. The molecule has 0 saturated carbocycles. The molecule has 0 unspecified atom stereocenters. The number of aromatic nitrogens is 2. The number of nitrogens with one attached hydrogen (secondary N) is 1. The highest BCUT2D eigenvalue weighted by molar-refractivity contribution is 5.92. The number of carbonyl (C=O) groups excluding carboxylic acids is 2. The van der Waals surface area contributed by atoms with Crippen LogP contribution in [0.3, 0.4) is 0 Å². The number of alkyl halides is 3. The van der Waals surface area contributed by atoms with E-state index in [1.165, 1.54) is 31.0 Å². The van der Waals surface area contributed by atoms with Crippen LogP contribution in [0.1, 0.15) is 38.4 Å². The number of esters is 1. The van der Waals surface area contributed by atoms with Crippen LogP contribution >= 0.6 is 0 Å². The fraction of sp³-hybridized carbons (Fsp3) is 0.292. The van der Waals surface area contributed by atoms with E-state index in [-0.39, 0.29) is 30.1 Å². The van der Waals surface area contributed by atoms with Crippen LogP contribution in [-0.4, -0.2) is 35.9 Å². The summed E-state index contributed by atoms with van der Waals surface area (Å²) in [6.45, 7) is 3.56. The van der Waals surface area contributed by atoms with Crippen molar-refractivity contribution < 1.29 is 32.2 Å². The van der Waals surface area contributed by atoms with Gasteiger partial charge in [-0.3, -0.25) is 4.79 Å². The third-order valence-corrected chi connectivity index (χ3v) is 5.36. The van der Waals surface area contributed by atoms with E-state index in [4.69, 9.17) is 9.47 Å². The Hall–Kier alpha value is -3.82. The largest absolute Gasteiger partial charge is 0.496 e. The maximum atomic E-state index is 13.1. The van der Waals surface area contributed by atoms with Gasteiger partial charge in [0.25, 0.3) is 0 Å². The third kappa shape index (κ3) is 5.38. The van der Waals surface area contributed by atoms with Crippen LogP contribution < -0.4 is 10.1 Å². The summed E-state index contributed by atoms with van der Waals surface area (Å²) >= 11 is 0. The number of hydrogen-bond acceptors (Lipinski definition) is 5. The zero-order valence-corrected chi connectivity index (χ0v) is 19.1. The molecule has 1 N–H and O–H groups in total. The molecule has 0 fully saturated rings. The molecule has 10 heteroatoms. The highest BCUT2D eigenvalue weighted by Gasteiger charge is 2.30. The first-order valence-corrected chi connectivity index (χ1v) is 10.3. The molecule has 3 aromatic rings. The van der Waals surface area contributed by atoms with Crippen LogP contribution in [0.5, 0.6) is 5.75 Å². The fourth-order valence-electron chi connectivity index (χ4n) is 3.55. The minimum atomic E-state index is -4.47. The van der Waals surface area contributed by atoms with Crippen molar-refractivity contribution in [3.8, 4) is 11.4 Å². The molecule has 1 amide bonds. The van der Waals surface area contributed by atoms with Gasteiger partial charge in [0.1, 0.15) is 11.3 Å². The van der Waals surface area contributed by atoms with Crippen molar-refractivity contribution in [2.24, 2.45) is 0 Å². The average molecular weight is 475 g/mol. The van der Waals surface area contributed by atoms with Gasteiger partial charge in [0, 0.05) is 17.8 Å². The molecular weight excluding hydrogens is 451 g/mol. The van der Waals surface area contributed by atoms with Crippen LogP contribution in [0.15, 0.2) is 42.5 Å². The van der Waals surface area contributed by atoms with Gasteiger partial charge < -0.3 is 14.8 Å². The standard InChI is InChI=1S/C24H24F3N3O4/c1-14-19(15(2)30(29-14)18-7-5-6-17(11-18)24(25,26)27)12-22(31)28-13-16-8-9-21(33-3)20(10-16)23(32)34-4/h5-11H,12-13H2,1-4H3,(H,28,31). The minimum Gasteiger partial charge on any atom is -0.496 e. The normalized spacial score (nSPS) is 11.3. The minimum absolute atomic E-state index is 0.00333. The Kier molecular flexibility index (Phi) is 7.29. The molecule has 3 rings (SSSR count). The molecule has 7 nitrogen and oxygen atoms in total. The molecule has 0 aliphatic heterocycles. The Labute approximate surface area is 194 Å². The van der Waals surface area contributed by atoms with E-state index in [1.807, 2.05) is 0 Å². The van der Waals surface area contributed by atoms with Crippen LogP contribution in [-0.2, 0) is 28.7 Å². The van der Waals surface area contributed by atoms with Crippen LogP contribution in [0.25, 0.3) is 5.69 Å². The van der Waals surface area contributed by atoms with Gasteiger partial charge in [-0.2, -0.15) is 18.3 Å². The average Bonchev–Trinajstić information content (AvgIpc) is 3.09. The predicted molar refractivity (Wildman–Crippen MR) is 118 cm³/mol. The van der Waals surface area contributed by atoms with Gasteiger partial charge in [0.05, 0.1) is 37.6 Å². The smallest absolute Gasteiger partial charge is 0.416 e. The number of carbonyl (C=O) groups is 2. The molecular formula is C24H24F3N3O4. The van der Waals surface area contributed by atoms with E-state index in [0.717, 1.165) is 12.1 Å². The molecule has 0 saturated heterocycles. The number of hydrogen-bond donors (Lipinski definition) is 1. The molecule has 180 valence electrons. The van der Waals surface area contributed by atoms with E-state index < -0.39 is 17.7 Å². The van der Waals surface area contributed by atoms with Crippen LogP contribution in [0, 0.1) is 13.8 Å².